The van der Waals surface area contributed by atoms with Gasteiger partial charge in [-0.25, -0.2) is 0 Å². The highest BCUT2D eigenvalue weighted by Gasteiger charge is 2.25. The topological polar surface area (TPSA) is 64.7 Å². The summed E-state index contributed by atoms with van der Waals surface area (Å²) in [5.41, 5.74) is 4.05. The van der Waals surface area contributed by atoms with Crippen LogP contribution >= 0.6 is 0 Å². The van der Waals surface area contributed by atoms with Crippen molar-refractivity contribution in [2.45, 2.75) is 26.3 Å². The van der Waals surface area contributed by atoms with E-state index in [4.69, 9.17) is 0 Å². The number of anilines is 1. The van der Waals surface area contributed by atoms with Gasteiger partial charge in [0.05, 0.1) is 6.04 Å². The van der Waals surface area contributed by atoms with Crippen LogP contribution in [0.5, 0.6) is 0 Å². The minimum absolute atomic E-state index is 0.0407. The molecular formula is C24H32N4O2. The third kappa shape index (κ3) is 5.68. The Kier molecular flexibility index (Phi) is 7.60. The van der Waals surface area contributed by atoms with Gasteiger partial charge < -0.3 is 15.5 Å². The first kappa shape index (κ1) is 22.0. The van der Waals surface area contributed by atoms with Gasteiger partial charge in [0.2, 0.25) is 0 Å². The van der Waals surface area contributed by atoms with Gasteiger partial charge in [-0.15, -0.1) is 0 Å². The fourth-order valence-corrected chi connectivity index (χ4v) is 3.78. The normalized spacial score (nSPS) is 16.1. The average Bonchev–Trinajstić information content (AvgIpc) is 2.76. The van der Waals surface area contributed by atoms with Crippen LogP contribution < -0.4 is 10.6 Å². The van der Waals surface area contributed by atoms with Crippen molar-refractivity contribution < 1.29 is 9.59 Å². The number of para-hydroxylation sites is 1. The SMILES string of the molecule is CCc1ccccc1NC(=O)C(=O)NCC(c1ccc(C)cc1)N1CCN(C)CC1. The number of nitrogens with one attached hydrogen (secondary N) is 2. The Morgan fingerprint density at radius 2 is 1.63 bits per heavy atom. The molecule has 1 aliphatic heterocycles. The van der Waals surface area contributed by atoms with E-state index in [-0.39, 0.29) is 6.04 Å². The molecule has 1 fully saturated rings. The number of piperazine rings is 1. The Bertz CT molecular complexity index is 858. The molecule has 30 heavy (non-hydrogen) atoms. The van der Waals surface area contributed by atoms with Gasteiger partial charge in [-0.1, -0.05) is 55.0 Å². The maximum atomic E-state index is 12.5. The highest BCUT2D eigenvalue weighted by Crippen LogP contribution is 2.22. The first-order valence-corrected chi connectivity index (χ1v) is 10.6. The number of aryl methyl sites for hydroxylation is 2. The molecule has 1 saturated heterocycles. The second-order valence-corrected chi connectivity index (χ2v) is 7.94. The molecule has 6 nitrogen and oxygen atoms in total. The van der Waals surface area contributed by atoms with Gasteiger partial charge >= 0.3 is 11.8 Å². The predicted octanol–water partition coefficient (Wildman–Crippen LogP) is 2.60. The van der Waals surface area contributed by atoms with E-state index in [0.29, 0.717) is 12.2 Å². The number of carbonyl (C=O) groups is 2. The Hall–Kier alpha value is -2.70. The van der Waals surface area contributed by atoms with Crippen molar-refractivity contribution in [1.82, 2.24) is 15.1 Å². The molecule has 0 saturated carbocycles. The summed E-state index contributed by atoms with van der Waals surface area (Å²) in [5, 5.41) is 5.60. The summed E-state index contributed by atoms with van der Waals surface area (Å²) in [6, 6.07) is 16.0. The molecule has 160 valence electrons. The standard InChI is InChI=1S/C24H32N4O2/c1-4-19-7-5-6-8-21(19)26-24(30)23(29)25-17-22(20-11-9-18(2)10-12-20)28-15-13-27(3)14-16-28/h5-12,22H,4,13-17H2,1-3H3,(H,25,29)(H,26,30). The van der Waals surface area contributed by atoms with E-state index >= 15 is 0 Å². The van der Waals surface area contributed by atoms with Crippen LogP contribution in [0.15, 0.2) is 48.5 Å². The Morgan fingerprint density at radius 1 is 0.967 bits per heavy atom. The molecule has 3 rings (SSSR count). The molecule has 2 amide bonds. The van der Waals surface area contributed by atoms with Crippen LogP contribution in [0.2, 0.25) is 0 Å². The van der Waals surface area contributed by atoms with Crippen molar-refractivity contribution in [3.05, 3.63) is 65.2 Å². The highest BCUT2D eigenvalue weighted by molar-refractivity contribution is 6.39. The minimum Gasteiger partial charge on any atom is -0.346 e. The van der Waals surface area contributed by atoms with Crippen molar-refractivity contribution in [3.8, 4) is 0 Å². The zero-order valence-electron chi connectivity index (χ0n) is 18.1. The molecule has 0 bridgehead atoms. The third-order valence-electron chi connectivity index (χ3n) is 5.75. The molecule has 0 aliphatic carbocycles. The Morgan fingerprint density at radius 3 is 2.30 bits per heavy atom. The van der Waals surface area contributed by atoms with Gasteiger partial charge in [-0.3, -0.25) is 14.5 Å². The number of likely N-dealkylation sites (N-methyl/N-ethyl adjacent to an activating group) is 1. The largest absolute Gasteiger partial charge is 0.346 e. The fourth-order valence-electron chi connectivity index (χ4n) is 3.78. The van der Waals surface area contributed by atoms with Gasteiger partial charge in [-0.05, 0) is 37.6 Å². The highest BCUT2D eigenvalue weighted by atomic mass is 16.2. The van der Waals surface area contributed by atoms with E-state index in [1.54, 1.807) is 0 Å². The van der Waals surface area contributed by atoms with E-state index in [0.717, 1.165) is 43.7 Å². The lowest BCUT2D eigenvalue weighted by Gasteiger charge is -2.38. The van der Waals surface area contributed by atoms with E-state index in [2.05, 4.69) is 58.7 Å². The average molecular weight is 409 g/mol. The second kappa shape index (κ2) is 10.4. The van der Waals surface area contributed by atoms with Crippen LogP contribution in [0, 0.1) is 6.92 Å². The molecule has 2 aromatic carbocycles. The van der Waals surface area contributed by atoms with E-state index < -0.39 is 11.8 Å². The fraction of sp³-hybridized carbons (Fsp3) is 0.417. The molecule has 0 spiro atoms. The molecule has 1 unspecified atom stereocenters. The molecule has 6 heteroatoms. The number of nitrogens with zero attached hydrogens (tertiary/aromatic N) is 2. The van der Waals surface area contributed by atoms with Crippen LogP contribution in [0.1, 0.15) is 29.7 Å². The Labute approximate surface area is 179 Å². The zero-order valence-corrected chi connectivity index (χ0v) is 18.1. The number of hydrogen-bond acceptors (Lipinski definition) is 4. The lowest BCUT2D eigenvalue weighted by molar-refractivity contribution is -0.136. The molecule has 2 N–H and O–H groups in total. The predicted molar refractivity (Wildman–Crippen MR) is 120 cm³/mol. The maximum absolute atomic E-state index is 12.5. The molecule has 1 aliphatic rings. The summed E-state index contributed by atoms with van der Waals surface area (Å²) in [5.74, 6) is -1.23. The van der Waals surface area contributed by atoms with Gasteiger partial charge in [-0.2, -0.15) is 0 Å². The minimum atomic E-state index is -0.628. The number of rotatable bonds is 6. The molecule has 0 radical (unpaired) electrons. The Balaban J connectivity index is 1.66. The van der Waals surface area contributed by atoms with Gasteiger partial charge in [0.1, 0.15) is 0 Å². The first-order valence-electron chi connectivity index (χ1n) is 10.6. The summed E-state index contributed by atoms with van der Waals surface area (Å²) < 4.78 is 0. The number of benzene rings is 2. The van der Waals surface area contributed by atoms with E-state index in [1.807, 2.05) is 31.2 Å². The van der Waals surface area contributed by atoms with E-state index in [9.17, 15) is 9.59 Å². The quantitative estimate of drug-likeness (QED) is 0.721. The second-order valence-electron chi connectivity index (χ2n) is 7.94. The van der Waals surface area contributed by atoms with Crippen LogP contribution in [0.4, 0.5) is 5.69 Å². The molecule has 0 aromatic heterocycles. The van der Waals surface area contributed by atoms with Crippen LogP contribution in [0.3, 0.4) is 0 Å². The van der Waals surface area contributed by atoms with Crippen LogP contribution in [0.25, 0.3) is 0 Å². The monoisotopic (exact) mass is 408 g/mol. The first-order chi connectivity index (χ1) is 14.5. The number of hydrogen-bond donors (Lipinski definition) is 2. The zero-order chi connectivity index (χ0) is 21.5. The summed E-state index contributed by atoms with van der Waals surface area (Å²) in [6.45, 7) is 8.33. The van der Waals surface area contributed by atoms with Crippen molar-refractivity contribution in [1.29, 1.82) is 0 Å². The maximum Gasteiger partial charge on any atom is 0.313 e. The summed E-state index contributed by atoms with van der Waals surface area (Å²) in [7, 11) is 2.12. The number of carbonyl (C=O) groups excluding carboxylic acids is 2. The summed E-state index contributed by atoms with van der Waals surface area (Å²) >= 11 is 0. The van der Waals surface area contributed by atoms with Crippen LogP contribution in [-0.2, 0) is 16.0 Å². The van der Waals surface area contributed by atoms with Crippen molar-refractivity contribution in [3.63, 3.8) is 0 Å². The summed E-state index contributed by atoms with van der Waals surface area (Å²) in [4.78, 5) is 29.7. The lowest BCUT2D eigenvalue weighted by Crippen LogP contribution is -2.49. The molecular weight excluding hydrogens is 376 g/mol. The van der Waals surface area contributed by atoms with Gasteiger partial charge in [0, 0.05) is 38.4 Å². The van der Waals surface area contributed by atoms with Crippen molar-refractivity contribution in [2.75, 3.05) is 45.1 Å². The molecule has 2 aromatic rings. The third-order valence-corrected chi connectivity index (χ3v) is 5.75. The van der Waals surface area contributed by atoms with Crippen molar-refractivity contribution >= 4 is 17.5 Å². The molecule has 1 atom stereocenters. The van der Waals surface area contributed by atoms with E-state index in [1.165, 1.54) is 5.56 Å². The molecule has 1 heterocycles. The smallest absolute Gasteiger partial charge is 0.313 e. The van der Waals surface area contributed by atoms with Gasteiger partial charge in [0.25, 0.3) is 0 Å². The summed E-state index contributed by atoms with van der Waals surface area (Å²) in [6.07, 6.45) is 0.789. The van der Waals surface area contributed by atoms with Gasteiger partial charge in [0.15, 0.2) is 0 Å². The van der Waals surface area contributed by atoms with Crippen molar-refractivity contribution in [2.24, 2.45) is 0 Å². The lowest BCUT2D eigenvalue weighted by atomic mass is 10.0. The van der Waals surface area contributed by atoms with Crippen LogP contribution in [-0.4, -0.2) is 61.4 Å². The number of amides is 2.